The number of sulfonamides is 1. The first-order valence-corrected chi connectivity index (χ1v) is 16.0. The normalized spacial score (nSPS) is 22.6. The van der Waals surface area contributed by atoms with Gasteiger partial charge in [0.25, 0.3) is 0 Å². The molecule has 1 saturated carbocycles. The van der Waals surface area contributed by atoms with Crippen molar-refractivity contribution in [2.45, 2.75) is 5.75 Å². The second kappa shape index (κ2) is 11.3. The Morgan fingerprint density at radius 1 is 1.10 bits per heavy atom. The molecule has 12 heteroatoms. The van der Waals surface area contributed by atoms with Crippen LogP contribution in [0.15, 0.2) is 60.0 Å². The predicted molar refractivity (Wildman–Crippen MR) is 153 cm³/mol. The third-order valence-electron chi connectivity index (χ3n) is 7.89. The molecular formula is C28H29ClFN3O5S2. The van der Waals surface area contributed by atoms with E-state index in [0.29, 0.717) is 73.0 Å². The lowest BCUT2D eigenvalue weighted by molar-refractivity contribution is 0.122. The number of morpholine rings is 1. The minimum Gasteiger partial charge on any atom is -0.399 e. The van der Waals surface area contributed by atoms with Crippen molar-refractivity contribution in [1.82, 2.24) is 4.31 Å². The van der Waals surface area contributed by atoms with E-state index in [-0.39, 0.29) is 23.5 Å². The maximum atomic E-state index is 15.3. The number of amides is 1. The summed E-state index contributed by atoms with van der Waals surface area (Å²) in [5.41, 5.74) is 1.57. The molecule has 0 N–H and O–H groups in total. The Morgan fingerprint density at radius 3 is 2.48 bits per heavy atom. The summed E-state index contributed by atoms with van der Waals surface area (Å²) < 4.78 is 53.9. The summed E-state index contributed by atoms with van der Waals surface area (Å²) in [6.07, 6.45) is -0.585. The number of rotatable bonds is 8. The van der Waals surface area contributed by atoms with E-state index >= 15 is 4.39 Å². The van der Waals surface area contributed by atoms with Gasteiger partial charge in [-0.2, -0.15) is 0 Å². The van der Waals surface area contributed by atoms with Gasteiger partial charge in [0.2, 0.25) is 10.0 Å². The minimum atomic E-state index is -3.48. The average molecular weight is 606 g/mol. The van der Waals surface area contributed by atoms with Gasteiger partial charge in [-0.25, -0.2) is 21.9 Å². The molecule has 3 aliphatic rings. The molecule has 3 aromatic rings. The van der Waals surface area contributed by atoms with Gasteiger partial charge in [0.05, 0.1) is 30.3 Å². The van der Waals surface area contributed by atoms with Crippen molar-refractivity contribution in [3.63, 3.8) is 0 Å². The van der Waals surface area contributed by atoms with Gasteiger partial charge in [-0.3, -0.25) is 4.90 Å². The first kappa shape index (κ1) is 27.5. The molecule has 3 heterocycles. The highest BCUT2D eigenvalue weighted by Crippen LogP contribution is 2.53. The zero-order valence-electron chi connectivity index (χ0n) is 21.6. The lowest BCUT2D eigenvalue weighted by Crippen LogP contribution is -2.39. The minimum absolute atomic E-state index is 0.0810. The van der Waals surface area contributed by atoms with Crippen molar-refractivity contribution in [2.75, 3.05) is 55.7 Å². The largest absolute Gasteiger partial charge is 0.420 e. The summed E-state index contributed by atoms with van der Waals surface area (Å²) >= 11 is 7.23. The maximum Gasteiger partial charge on any atom is 0.420 e. The molecule has 1 aromatic heterocycles. The van der Waals surface area contributed by atoms with E-state index in [1.54, 1.807) is 52.8 Å². The summed E-state index contributed by atoms with van der Waals surface area (Å²) in [5, 5.41) is 2.83. The van der Waals surface area contributed by atoms with Crippen molar-refractivity contribution in [1.29, 1.82) is 0 Å². The van der Waals surface area contributed by atoms with Crippen molar-refractivity contribution in [3.05, 3.63) is 76.4 Å². The average Bonchev–Trinajstić information content (AvgIpc) is 3.30. The van der Waals surface area contributed by atoms with Gasteiger partial charge in [0, 0.05) is 37.7 Å². The Kier molecular flexibility index (Phi) is 7.75. The van der Waals surface area contributed by atoms with Crippen LogP contribution in [0.4, 0.5) is 20.6 Å². The number of hydrogen-bond donors (Lipinski definition) is 0. The third kappa shape index (κ3) is 5.84. The topological polar surface area (TPSA) is 79.4 Å². The van der Waals surface area contributed by atoms with Crippen molar-refractivity contribution in [2.24, 2.45) is 17.8 Å². The molecule has 2 aromatic carbocycles. The van der Waals surface area contributed by atoms with Crippen LogP contribution in [-0.2, 0) is 20.5 Å². The Labute approximate surface area is 241 Å². The monoisotopic (exact) mass is 605 g/mol. The quantitative estimate of drug-likeness (QED) is 0.356. The second-order valence-corrected chi connectivity index (χ2v) is 13.7. The van der Waals surface area contributed by atoms with Crippen molar-refractivity contribution in [3.8, 4) is 5.06 Å². The number of ether oxygens (including phenoxy) is 2. The molecule has 8 nitrogen and oxygen atoms in total. The van der Waals surface area contributed by atoms with Crippen LogP contribution in [0.2, 0.25) is 5.02 Å². The molecule has 2 aliphatic heterocycles. The molecule has 0 radical (unpaired) electrons. The smallest absolute Gasteiger partial charge is 0.399 e. The molecule has 2 saturated heterocycles. The summed E-state index contributed by atoms with van der Waals surface area (Å²) in [6.45, 7) is 3.41. The van der Waals surface area contributed by atoms with Crippen LogP contribution in [0, 0.1) is 23.6 Å². The van der Waals surface area contributed by atoms with Crippen molar-refractivity contribution < 1.29 is 27.1 Å². The van der Waals surface area contributed by atoms with E-state index in [2.05, 4.69) is 0 Å². The Balaban J connectivity index is 1.15. The number of fused-ring (bicyclic) bond motifs is 1. The molecular weight excluding hydrogens is 577 g/mol. The van der Waals surface area contributed by atoms with E-state index in [9.17, 15) is 13.2 Å². The standard InChI is InChI=1S/C28H29ClFN3O5S2/c29-20-5-3-19(4-6-20)18-40(35,36)32-15-22-23(16-32)24(22)17-33(28(34)38-27-2-1-13-39-27)21-7-8-26(25(30)14-21)31-9-11-37-12-10-31/h1-8,13-14,22-24H,9-12,15-18H2. The number of anilines is 2. The van der Waals surface area contributed by atoms with Crippen LogP contribution in [0.3, 0.4) is 0 Å². The van der Waals surface area contributed by atoms with Gasteiger partial charge >= 0.3 is 6.09 Å². The fourth-order valence-corrected chi connectivity index (χ4v) is 7.96. The SMILES string of the molecule is O=C(Oc1cccs1)N(CC1C2CN(S(=O)(=O)Cc3ccc(Cl)cc3)CC12)c1ccc(N2CCOCC2)c(F)c1. The van der Waals surface area contributed by atoms with Gasteiger partial charge in [-0.1, -0.05) is 23.7 Å². The molecule has 1 amide bonds. The molecule has 6 rings (SSSR count). The van der Waals surface area contributed by atoms with Crippen LogP contribution in [0.25, 0.3) is 0 Å². The Hall–Kier alpha value is -2.70. The van der Waals surface area contributed by atoms with Crippen molar-refractivity contribution >= 4 is 50.4 Å². The predicted octanol–water partition coefficient (Wildman–Crippen LogP) is 5.09. The van der Waals surface area contributed by atoms with Gasteiger partial charge < -0.3 is 14.4 Å². The molecule has 2 atom stereocenters. The lowest BCUT2D eigenvalue weighted by Gasteiger charge is -2.30. The first-order valence-electron chi connectivity index (χ1n) is 13.2. The summed E-state index contributed by atoms with van der Waals surface area (Å²) in [4.78, 5) is 16.7. The molecule has 2 unspecified atom stereocenters. The highest BCUT2D eigenvalue weighted by molar-refractivity contribution is 7.88. The van der Waals surface area contributed by atoms with Gasteiger partial charge in [-0.15, -0.1) is 11.3 Å². The Bertz CT molecular complexity index is 1450. The zero-order chi connectivity index (χ0) is 27.9. The maximum absolute atomic E-state index is 15.3. The summed E-state index contributed by atoms with van der Waals surface area (Å²) in [5.74, 6) is -0.130. The van der Waals surface area contributed by atoms with Gasteiger partial charge in [-0.05, 0) is 71.2 Å². The first-order chi connectivity index (χ1) is 19.3. The third-order valence-corrected chi connectivity index (χ3v) is 10.7. The van der Waals surface area contributed by atoms with Crippen LogP contribution < -0.4 is 14.5 Å². The number of nitrogens with zero attached hydrogens (tertiary/aromatic N) is 3. The molecule has 40 heavy (non-hydrogen) atoms. The van der Waals surface area contributed by atoms with Crippen LogP contribution in [0.5, 0.6) is 5.06 Å². The van der Waals surface area contributed by atoms with Gasteiger partial charge in [0.15, 0.2) is 5.06 Å². The number of piperidine rings is 1. The van der Waals surface area contributed by atoms with E-state index < -0.39 is 21.9 Å². The van der Waals surface area contributed by atoms with Crippen LogP contribution in [-0.4, -0.2) is 64.8 Å². The highest BCUT2D eigenvalue weighted by atomic mass is 35.5. The molecule has 0 spiro atoms. The highest BCUT2D eigenvalue weighted by Gasteiger charge is 2.58. The lowest BCUT2D eigenvalue weighted by atomic mass is 10.2. The molecule has 212 valence electrons. The Morgan fingerprint density at radius 2 is 1.82 bits per heavy atom. The van der Waals surface area contributed by atoms with E-state index in [4.69, 9.17) is 21.1 Å². The molecule has 3 fully saturated rings. The fraction of sp³-hybridized carbons (Fsp3) is 0.393. The molecule has 0 bridgehead atoms. The summed E-state index contributed by atoms with van der Waals surface area (Å²) in [7, 11) is -3.48. The second-order valence-electron chi connectivity index (χ2n) is 10.3. The number of hydrogen-bond acceptors (Lipinski definition) is 7. The van der Waals surface area contributed by atoms with E-state index in [0.717, 1.165) is 0 Å². The number of carbonyl (C=O) groups is 1. The number of carbonyl (C=O) groups excluding carboxylic acids is 1. The van der Waals surface area contributed by atoms with Gasteiger partial charge in [0.1, 0.15) is 5.82 Å². The summed E-state index contributed by atoms with van der Waals surface area (Å²) in [6, 6.07) is 15.1. The van der Waals surface area contributed by atoms with Crippen LogP contribution in [0.1, 0.15) is 5.56 Å². The number of benzene rings is 2. The number of halogens is 2. The van der Waals surface area contributed by atoms with E-state index in [1.807, 2.05) is 10.3 Å². The zero-order valence-corrected chi connectivity index (χ0v) is 24.0. The number of thiophene rings is 1. The fourth-order valence-electron chi connectivity index (χ4n) is 5.67. The van der Waals surface area contributed by atoms with E-state index in [1.165, 1.54) is 22.3 Å². The molecule has 1 aliphatic carbocycles. The van der Waals surface area contributed by atoms with Crippen LogP contribution >= 0.6 is 22.9 Å².